The van der Waals surface area contributed by atoms with E-state index < -0.39 is 11.6 Å². The van der Waals surface area contributed by atoms with E-state index in [1.54, 1.807) is 24.3 Å². The van der Waals surface area contributed by atoms with Gasteiger partial charge in [0, 0.05) is 23.1 Å². The highest BCUT2D eigenvalue weighted by atomic mass is 16.3. The number of benzene rings is 2. The summed E-state index contributed by atoms with van der Waals surface area (Å²) in [5.41, 5.74) is 0.463. The number of hydrogen-bond acceptors (Lipinski definition) is 5. The van der Waals surface area contributed by atoms with Crippen LogP contribution in [-0.2, 0) is 6.42 Å². The quantitative estimate of drug-likeness (QED) is 0.554. The molecule has 2 aromatic carbocycles. The molecular formula is C19H12O5. The van der Waals surface area contributed by atoms with Crippen LogP contribution in [0.3, 0.4) is 0 Å². The number of hydrogen-bond donors (Lipinski definition) is 2. The Kier molecular flexibility index (Phi) is 3.03. The summed E-state index contributed by atoms with van der Waals surface area (Å²) in [5, 5.41) is 20.8. The van der Waals surface area contributed by atoms with Gasteiger partial charge in [-0.1, -0.05) is 24.3 Å². The van der Waals surface area contributed by atoms with Crippen LogP contribution < -0.4 is 0 Å². The van der Waals surface area contributed by atoms with E-state index in [-0.39, 0.29) is 40.2 Å². The van der Waals surface area contributed by atoms with E-state index in [4.69, 9.17) is 4.42 Å². The van der Waals surface area contributed by atoms with Crippen molar-refractivity contribution in [2.24, 2.45) is 0 Å². The minimum absolute atomic E-state index is 0.153. The molecular weight excluding hydrogens is 308 g/mol. The van der Waals surface area contributed by atoms with Gasteiger partial charge < -0.3 is 14.6 Å². The Balaban J connectivity index is 1.93. The van der Waals surface area contributed by atoms with Crippen molar-refractivity contribution >= 4 is 11.6 Å². The molecule has 0 aliphatic heterocycles. The van der Waals surface area contributed by atoms with Gasteiger partial charge >= 0.3 is 0 Å². The lowest BCUT2D eigenvalue weighted by molar-refractivity contribution is 0.0974. The van der Waals surface area contributed by atoms with Crippen molar-refractivity contribution in [1.82, 2.24) is 0 Å². The number of furan rings is 1. The van der Waals surface area contributed by atoms with Gasteiger partial charge in [0.05, 0.1) is 17.4 Å². The first kappa shape index (κ1) is 14.3. The van der Waals surface area contributed by atoms with Crippen LogP contribution in [-0.4, -0.2) is 21.8 Å². The Morgan fingerprint density at radius 2 is 1.54 bits per heavy atom. The first-order valence-corrected chi connectivity index (χ1v) is 7.36. The first-order valence-electron chi connectivity index (χ1n) is 7.36. The summed E-state index contributed by atoms with van der Waals surface area (Å²) in [4.78, 5) is 25.3. The molecule has 0 amide bonds. The highest BCUT2D eigenvalue weighted by Crippen LogP contribution is 2.40. The second kappa shape index (κ2) is 5.09. The highest BCUT2D eigenvalue weighted by Gasteiger charge is 2.35. The molecule has 1 aliphatic rings. The Bertz CT molecular complexity index is 983. The minimum Gasteiger partial charge on any atom is -0.507 e. The number of aromatic hydroxyl groups is 2. The molecule has 4 rings (SSSR count). The molecule has 0 saturated heterocycles. The molecule has 2 N–H and O–H groups in total. The predicted octanol–water partition coefficient (Wildman–Crippen LogP) is 3.06. The third-order valence-electron chi connectivity index (χ3n) is 4.17. The van der Waals surface area contributed by atoms with E-state index in [0.29, 0.717) is 11.3 Å². The number of carbonyl (C=O) groups is 2. The van der Waals surface area contributed by atoms with Crippen molar-refractivity contribution in [1.29, 1.82) is 0 Å². The van der Waals surface area contributed by atoms with Crippen molar-refractivity contribution in [3.63, 3.8) is 0 Å². The van der Waals surface area contributed by atoms with Gasteiger partial charge in [-0.05, 0) is 18.2 Å². The van der Waals surface area contributed by atoms with E-state index in [1.807, 2.05) is 0 Å². The Morgan fingerprint density at radius 3 is 2.17 bits per heavy atom. The lowest BCUT2D eigenvalue weighted by Gasteiger charge is -2.20. The van der Waals surface area contributed by atoms with Gasteiger partial charge in [0.1, 0.15) is 17.3 Å². The molecule has 5 heteroatoms. The zero-order chi connectivity index (χ0) is 16.8. The number of phenols is 2. The maximum absolute atomic E-state index is 12.7. The molecule has 0 bridgehead atoms. The molecule has 3 aromatic rings. The van der Waals surface area contributed by atoms with Gasteiger partial charge in [-0.2, -0.15) is 0 Å². The largest absolute Gasteiger partial charge is 0.507 e. The molecule has 0 radical (unpaired) electrons. The van der Waals surface area contributed by atoms with E-state index >= 15 is 0 Å². The average molecular weight is 320 g/mol. The zero-order valence-corrected chi connectivity index (χ0v) is 12.4. The molecule has 24 heavy (non-hydrogen) atoms. The molecule has 1 aliphatic carbocycles. The molecule has 0 atom stereocenters. The first-order chi connectivity index (χ1) is 11.6. The molecule has 1 aromatic heterocycles. The standard InChI is InChI=1S/C19H12O5/c20-14-9-10(8-11-4-3-7-24-11)17(21)16-15(14)18(22)12-5-1-2-6-13(12)19(16)23/h1-7,9,20-21H,8H2. The van der Waals surface area contributed by atoms with Crippen LogP contribution in [0.5, 0.6) is 11.5 Å². The molecule has 1 heterocycles. The predicted molar refractivity (Wildman–Crippen MR) is 84.6 cm³/mol. The molecule has 118 valence electrons. The summed E-state index contributed by atoms with van der Waals surface area (Å²) in [5.74, 6) is -1.00. The number of fused-ring (bicyclic) bond motifs is 2. The fourth-order valence-electron chi connectivity index (χ4n) is 3.05. The summed E-state index contributed by atoms with van der Waals surface area (Å²) in [6, 6.07) is 11.1. The van der Waals surface area contributed by atoms with Crippen LogP contribution in [0.15, 0.2) is 53.1 Å². The molecule has 5 nitrogen and oxygen atoms in total. The average Bonchev–Trinajstić information content (AvgIpc) is 3.08. The van der Waals surface area contributed by atoms with E-state index in [1.165, 1.54) is 24.5 Å². The maximum atomic E-state index is 12.7. The number of phenolic OH excluding ortho intramolecular Hbond substituents is 2. The second-order valence-electron chi connectivity index (χ2n) is 5.61. The second-order valence-corrected chi connectivity index (χ2v) is 5.61. The zero-order valence-electron chi connectivity index (χ0n) is 12.4. The van der Waals surface area contributed by atoms with E-state index in [0.717, 1.165) is 0 Å². The van der Waals surface area contributed by atoms with E-state index in [9.17, 15) is 19.8 Å². The number of rotatable bonds is 2. The monoisotopic (exact) mass is 320 g/mol. The highest BCUT2D eigenvalue weighted by molar-refractivity contribution is 6.30. The van der Waals surface area contributed by atoms with Crippen LogP contribution in [0.4, 0.5) is 0 Å². The van der Waals surface area contributed by atoms with Crippen LogP contribution in [0, 0.1) is 0 Å². The summed E-state index contributed by atoms with van der Waals surface area (Å²) >= 11 is 0. The lowest BCUT2D eigenvalue weighted by Crippen LogP contribution is -2.21. The van der Waals surface area contributed by atoms with Crippen LogP contribution in [0.1, 0.15) is 43.2 Å². The van der Waals surface area contributed by atoms with Gasteiger partial charge in [-0.15, -0.1) is 0 Å². The van der Waals surface area contributed by atoms with Crippen LogP contribution in [0.25, 0.3) is 0 Å². The third kappa shape index (κ3) is 1.95. The van der Waals surface area contributed by atoms with Gasteiger partial charge in [0.25, 0.3) is 0 Å². The number of ketones is 2. The maximum Gasteiger partial charge on any atom is 0.198 e. The van der Waals surface area contributed by atoms with Gasteiger partial charge in [-0.25, -0.2) is 0 Å². The van der Waals surface area contributed by atoms with Crippen molar-refractivity contribution < 1.29 is 24.2 Å². The van der Waals surface area contributed by atoms with E-state index in [2.05, 4.69) is 0 Å². The summed E-state index contributed by atoms with van der Waals surface area (Å²) in [6.45, 7) is 0. The normalized spacial score (nSPS) is 12.8. The Morgan fingerprint density at radius 1 is 0.875 bits per heavy atom. The van der Waals surface area contributed by atoms with Crippen molar-refractivity contribution in [3.05, 3.63) is 82.3 Å². The fraction of sp³-hybridized carbons (Fsp3) is 0.0526. The Hall–Kier alpha value is -3.34. The van der Waals surface area contributed by atoms with Gasteiger partial charge in [-0.3, -0.25) is 9.59 Å². The molecule has 0 fully saturated rings. The van der Waals surface area contributed by atoms with Crippen LogP contribution in [0.2, 0.25) is 0 Å². The van der Waals surface area contributed by atoms with Gasteiger partial charge in [0.2, 0.25) is 0 Å². The van der Waals surface area contributed by atoms with Crippen molar-refractivity contribution in [2.75, 3.05) is 0 Å². The third-order valence-corrected chi connectivity index (χ3v) is 4.17. The Labute approximate surface area is 136 Å². The number of carbonyl (C=O) groups excluding carboxylic acids is 2. The lowest BCUT2D eigenvalue weighted by atomic mass is 9.81. The fourth-order valence-corrected chi connectivity index (χ4v) is 3.05. The smallest absolute Gasteiger partial charge is 0.198 e. The molecule has 0 saturated carbocycles. The minimum atomic E-state index is -0.478. The summed E-state index contributed by atoms with van der Waals surface area (Å²) < 4.78 is 5.24. The van der Waals surface area contributed by atoms with Crippen molar-refractivity contribution in [2.45, 2.75) is 6.42 Å². The molecule has 0 spiro atoms. The summed E-state index contributed by atoms with van der Waals surface area (Å²) in [6.07, 6.45) is 1.69. The SMILES string of the molecule is O=C1c2ccccc2C(=O)c2c(O)c(Cc3ccco3)cc(O)c21. The summed E-state index contributed by atoms with van der Waals surface area (Å²) in [7, 11) is 0. The van der Waals surface area contributed by atoms with Crippen LogP contribution >= 0.6 is 0 Å². The molecule has 0 unspecified atom stereocenters. The van der Waals surface area contributed by atoms with Crippen molar-refractivity contribution in [3.8, 4) is 11.5 Å². The topological polar surface area (TPSA) is 87.7 Å². The van der Waals surface area contributed by atoms with Gasteiger partial charge in [0.15, 0.2) is 11.6 Å².